The molecular weight excluding hydrogens is 220 g/mol. The van der Waals surface area contributed by atoms with Crippen LogP contribution in [0.4, 0.5) is 0 Å². The van der Waals surface area contributed by atoms with Crippen molar-refractivity contribution in [2.45, 2.75) is 32.9 Å². The van der Waals surface area contributed by atoms with Crippen LogP contribution in [0.15, 0.2) is 18.2 Å². The van der Waals surface area contributed by atoms with Crippen LogP contribution < -0.4 is 5.32 Å². The Hall–Kier alpha value is -1.04. The quantitative estimate of drug-likeness (QED) is 0.873. The fourth-order valence-corrected chi connectivity index (χ4v) is 2.06. The van der Waals surface area contributed by atoms with Gasteiger partial charge in [-0.05, 0) is 29.5 Å². The molecule has 16 heavy (non-hydrogen) atoms. The van der Waals surface area contributed by atoms with Crippen LogP contribution in [0.1, 0.15) is 31.4 Å². The van der Waals surface area contributed by atoms with Crippen LogP contribution in [0, 0.1) is 16.7 Å². The predicted molar refractivity (Wildman–Crippen MR) is 65.2 cm³/mol. The smallest absolute Gasteiger partial charge is 0.0992 e. The van der Waals surface area contributed by atoms with E-state index in [1.165, 1.54) is 6.42 Å². The van der Waals surface area contributed by atoms with Crippen molar-refractivity contribution in [3.63, 3.8) is 0 Å². The summed E-state index contributed by atoms with van der Waals surface area (Å²) in [5.41, 5.74) is 2.10. The summed E-state index contributed by atoms with van der Waals surface area (Å²) in [5, 5.41) is 12.9. The highest BCUT2D eigenvalue weighted by Gasteiger charge is 2.44. The molecule has 1 fully saturated rings. The van der Waals surface area contributed by atoms with Gasteiger partial charge in [-0.1, -0.05) is 31.5 Å². The first-order chi connectivity index (χ1) is 7.53. The monoisotopic (exact) mass is 234 g/mol. The molecule has 0 bridgehead atoms. The molecule has 0 aliphatic heterocycles. The summed E-state index contributed by atoms with van der Waals surface area (Å²) in [6.45, 7) is 5.29. The highest BCUT2D eigenvalue weighted by Crippen LogP contribution is 2.44. The topological polar surface area (TPSA) is 35.8 Å². The van der Waals surface area contributed by atoms with Crippen molar-refractivity contribution in [3.8, 4) is 6.07 Å². The van der Waals surface area contributed by atoms with E-state index in [1.54, 1.807) is 12.1 Å². The molecule has 1 saturated carbocycles. The largest absolute Gasteiger partial charge is 0.309 e. The Balaban J connectivity index is 1.98. The van der Waals surface area contributed by atoms with Gasteiger partial charge in [0.1, 0.15) is 0 Å². The van der Waals surface area contributed by atoms with E-state index in [0.29, 0.717) is 22.0 Å². The maximum Gasteiger partial charge on any atom is 0.0992 e. The van der Waals surface area contributed by atoms with Gasteiger partial charge in [0.25, 0.3) is 0 Å². The summed E-state index contributed by atoms with van der Waals surface area (Å²) >= 11 is 6.09. The Bertz CT molecular complexity index is 446. The molecule has 0 heterocycles. The van der Waals surface area contributed by atoms with Crippen molar-refractivity contribution in [3.05, 3.63) is 34.3 Å². The van der Waals surface area contributed by atoms with Crippen molar-refractivity contribution in [1.82, 2.24) is 5.32 Å². The average Bonchev–Trinajstić information content (AvgIpc) is 2.84. The van der Waals surface area contributed by atoms with Crippen LogP contribution in [0.5, 0.6) is 0 Å². The molecule has 3 heteroatoms. The normalized spacial score (nSPS) is 21.5. The van der Waals surface area contributed by atoms with Gasteiger partial charge in [-0.2, -0.15) is 5.26 Å². The van der Waals surface area contributed by atoms with Crippen LogP contribution in [0.25, 0.3) is 0 Å². The number of nitriles is 1. The molecule has 1 aliphatic carbocycles. The van der Waals surface area contributed by atoms with Crippen molar-refractivity contribution in [1.29, 1.82) is 5.26 Å². The maximum absolute atomic E-state index is 8.73. The Morgan fingerprint density at radius 1 is 1.56 bits per heavy atom. The zero-order valence-corrected chi connectivity index (χ0v) is 10.3. The second-order valence-electron chi connectivity index (χ2n) is 5.04. The highest BCUT2D eigenvalue weighted by molar-refractivity contribution is 6.31. The molecule has 0 spiro atoms. The number of benzene rings is 1. The molecule has 1 aromatic rings. The molecule has 0 amide bonds. The van der Waals surface area contributed by atoms with Crippen molar-refractivity contribution < 1.29 is 0 Å². The third kappa shape index (κ3) is 2.37. The SMILES string of the molecule is CC1(C)CC1NCc1ccc(C#N)cc1Cl. The van der Waals surface area contributed by atoms with Gasteiger partial charge < -0.3 is 5.32 Å². The number of hydrogen-bond donors (Lipinski definition) is 1. The van der Waals surface area contributed by atoms with Gasteiger partial charge in [-0.15, -0.1) is 0 Å². The maximum atomic E-state index is 8.73. The average molecular weight is 235 g/mol. The van der Waals surface area contributed by atoms with Crippen LogP contribution in [0.3, 0.4) is 0 Å². The van der Waals surface area contributed by atoms with E-state index >= 15 is 0 Å². The van der Waals surface area contributed by atoms with Gasteiger partial charge in [0.15, 0.2) is 0 Å². The summed E-state index contributed by atoms with van der Waals surface area (Å²) in [7, 11) is 0. The fraction of sp³-hybridized carbons (Fsp3) is 0.462. The zero-order valence-electron chi connectivity index (χ0n) is 9.55. The summed E-state index contributed by atoms with van der Waals surface area (Å²) < 4.78 is 0. The van der Waals surface area contributed by atoms with Crippen molar-refractivity contribution in [2.75, 3.05) is 0 Å². The number of halogens is 1. The minimum atomic E-state index is 0.430. The van der Waals surface area contributed by atoms with E-state index in [9.17, 15) is 0 Å². The van der Waals surface area contributed by atoms with Gasteiger partial charge in [-0.25, -0.2) is 0 Å². The fourth-order valence-electron chi connectivity index (χ4n) is 1.81. The lowest BCUT2D eigenvalue weighted by molar-refractivity contribution is 0.542. The lowest BCUT2D eigenvalue weighted by Crippen LogP contribution is -2.20. The molecule has 1 atom stereocenters. The Kier molecular flexibility index (Phi) is 2.92. The Labute approximate surface area is 101 Å². The first-order valence-electron chi connectivity index (χ1n) is 5.45. The highest BCUT2D eigenvalue weighted by atomic mass is 35.5. The zero-order chi connectivity index (χ0) is 11.8. The Morgan fingerprint density at radius 3 is 2.75 bits per heavy atom. The van der Waals surface area contributed by atoms with Gasteiger partial charge in [0, 0.05) is 17.6 Å². The van der Waals surface area contributed by atoms with Gasteiger partial charge >= 0.3 is 0 Å². The van der Waals surface area contributed by atoms with E-state index in [2.05, 4.69) is 25.2 Å². The summed E-state index contributed by atoms with van der Waals surface area (Å²) in [5.74, 6) is 0. The van der Waals surface area contributed by atoms with Gasteiger partial charge in [-0.3, -0.25) is 0 Å². The third-order valence-corrected chi connectivity index (χ3v) is 3.59. The van der Waals surface area contributed by atoms with Gasteiger partial charge in [0.2, 0.25) is 0 Å². The molecule has 2 nitrogen and oxygen atoms in total. The lowest BCUT2D eigenvalue weighted by atomic mass is 10.1. The molecule has 1 aliphatic rings. The molecule has 0 aromatic heterocycles. The summed E-state index contributed by atoms with van der Waals surface area (Å²) in [4.78, 5) is 0. The van der Waals surface area contributed by atoms with E-state index in [4.69, 9.17) is 16.9 Å². The van der Waals surface area contributed by atoms with Gasteiger partial charge in [0.05, 0.1) is 11.6 Å². The molecule has 1 aromatic carbocycles. The van der Waals surface area contributed by atoms with Crippen LogP contribution in [-0.2, 0) is 6.54 Å². The number of nitrogens with zero attached hydrogens (tertiary/aromatic N) is 1. The number of hydrogen-bond acceptors (Lipinski definition) is 2. The minimum Gasteiger partial charge on any atom is -0.309 e. The van der Waals surface area contributed by atoms with Crippen molar-refractivity contribution >= 4 is 11.6 Å². The molecule has 2 rings (SSSR count). The molecule has 0 radical (unpaired) electrons. The lowest BCUT2D eigenvalue weighted by Gasteiger charge is -2.08. The van der Waals surface area contributed by atoms with Crippen molar-refractivity contribution in [2.24, 2.45) is 5.41 Å². The van der Waals surface area contributed by atoms with E-state index in [-0.39, 0.29) is 0 Å². The first kappa shape index (κ1) is 11.4. The molecule has 1 N–H and O–H groups in total. The second kappa shape index (κ2) is 4.08. The summed E-state index contributed by atoms with van der Waals surface area (Å²) in [6.07, 6.45) is 1.22. The van der Waals surface area contributed by atoms with E-state index < -0.39 is 0 Å². The van der Waals surface area contributed by atoms with Crippen LogP contribution in [-0.4, -0.2) is 6.04 Å². The first-order valence-corrected chi connectivity index (χ1v) is 5.82. The molecule has 84 valence electrons. The third-order valence-electron chi connectivity index (χ3n) is 3.23. The Morgan fingerprint density at radius 2 is 2.25 bits per heavy atom. The molecular formula is C13H15ClN2. The van der Waals surface area contributed by atoms with Crippen LogP contribution >= 0.6 is 11.6 Å². The number of rotatable bonds is 3. The van der Waals surface area contributed by atoms with Crippen LogP contribution in [0.2, 0.25) is 5.02 Å². The molecule has 0 saturated heterocycles. The number of nitrogens with one attached hydrogen (secondary N) is 1. The standard InChI is InChI=1S/C13H15ClN2/c1-13(2)6-12(13)16-8-10-4-3-9(7-15)5-11(10)14/h3-5,12,16H,6,8H2,1-2H3. The predicted octanol–water partition coefficient (Wildman–Crippen LogP) is 3.10. The second-order valence-corrected chi connectivity index (χ2v) is 5.45. The van der Waals surface area contributed by atoms with E-state index in [1.807, 2.05) is 6.07 Å². The van der Waals surface area contributed by atoms with E-state index in [0.717, 1.165) is 12.1 Å². The summed E-state index contributed by atoms with van der Waals surface area (Å²) in [6, 6.07) is 8.12. The molecule has 1 unspecified atom stereocenters. The minimum absolute atomic E-state index is 0.430.